The lowest BCUT2D eigenvalue weighted by Crippen LogP contribution is -2.35. The average molecular weight is 259 g/mol. The van der Waals surface area contributed by atoms with Crippen molar-refractivity contribution < 1.29 is 14.7 Å². The van der Waals surface area contributed by atoms with E-state index in [2.05, 4.69) is 6.58 Å². The van der Waals surface area contributed by atoms with Crippen LogP contribution in [0.25, 0.3) is 0 Å². The topological polar surface area (TPSA) is 57.6 Å². The second kappa shape index (κ2) is 5.69. The van der Waals surface area contributed by atoms with Crippen LogP contribution < -0.4 is 4.90 Å². The smallest absolute Gasteiger partial charge is 0.335 e. The molecule has 1 aliphatic rings. The van der Waals surface area contributed by atoms with Crippen LogP contribution in [0, 0.1) is 0 Å². The van der Waals surface area contributed by atoms with Crippen LogP contribution in [0.1, 0.15) is 35.2 Å². The zero-order valence-electron chi connectivity index (χ0n) is 10.8. The van der Waals surface area contributed by atoms with Crippen LogP contribution in [0.2, 0.25) is 0 Å². The van der Waals surface area contributed by atoms with E-state index >= 15 is 0 Å². The van der Waals surface area contributed by atoms with Gasteiger partial charge in [0.2, 0.25) is 5.91 Å². The first-order chi connectivity index (χ1) is 9.13. The number of benzene rings is 1. The fourth-order valence-electron chi connectivity index (χ4n) is 2.33. The van der Waals surface area contributed by atoms with Crippen LogP contribution in [-0.2, 0) is 11.2 Å². The summed E-state index contributed by atoms with van der Waals surface area (Å²) in [5.41, 5.74) is 2.07. The molecule has 1 aromatic rings. The molecule has 1 N–H and O–H groups in total. The number of rotatable bonds is 5. The van der Waals surface area contributed by atoms with Crippen molar-refractivity contribution in [3.8, 4) is 0 Å². The van der Waals surface area contributed by atoms with E-state index in [0.29, 0.717) is 19.4 Å². The van der Waals surface area contributed by atoms with Crippen LogP contribution >= 0.6 is 0 Å². The number of nitrogens with zero attached hydrogens (tertiary/aromatic N) is 1. The fourth-order valence-corrected chi connectivity index (χ4v) is 2.33. The highest BCUT2D eigenvalue weighted by Crippen LogP contribution is 2.29. The third kappa shape index (κ3) is 2.84. The number of anilines is 1. The summed E-state index contributed by atoms with van der Waals surface area (Å²) in [7, 11) is 0. The molecule has 4 heteroatoms. The Hall–Kier alpha value is -2.10. The van der Waals surface area contributed by atoms with Crippen LogP contribution in [0.5, 0.6) is 0 Å². The van der Waals surface area contributed by atoms with Gasteiger partial charge < -0.3 is 10.0 Å². The third-order valence-electron chi connectivity index (χ3n) is 3.32. The highest BCUT2D eigenvalue weighted by Gasteiger charge is 2.24. The largest absolute Gasteiger partial charge is 0.478 e. The van der Waals surface area contributed by atoms with Crippen LogP contribution in [0.3, 0.4) is 0 Å². The Morgan fingerprint density at radius 1 is 1.42 bits per heavy atom. The zero-order chi connectivity index (χ0) is 13.8. The van der Waals surface area contributed by atoms with Crippen molar-refractivity contribution in [3.63, 3.8) is 0 Å². The first-order valence-electron chi connectivity index (χ1n) is 6.41. The lowest BCUT2D eigenvalue weighted by atomic mass is 9.98. The van der Waals surface area contributed by atoms with Crippen molar-refractivity contribution in [2.75, 3.05) is 11.4 Å². The van der Waals surface area contributed by atoms with E-state index in [9.17, 15) is 9.59 Å². The maximum absolute atomic E-state index is 12.0. The van der Waals surface area contributed by atoms with E-state index in [1.54, 1.807) is 23.1 Å². The SMILES string of the molecule is C=CCCCN1C(=O)CCc2cc(C(=O)O)ccc21. The molecule has 0 aromatic heterocycles. The van der Waals surface area contributed by atoms with Gasteiger partial charge in [0.15, 0.2) is 0 Å². The normalized spacial score (nSPS) is 14.1. The summed E-state index contributed by atoms with van der Waals surface area (Å²) in [6.07, 6.45) is 4.64. The Kier molecular flexibility index (Phi) is 4.00. The van der Waals surface area contributed by atoms with Gasteiger partial charge in [-0.05, 0) is 43.0 Å². The summed E-state index contributed by atoms with van der Waals surface area (Å²) < 4.78 is 0. The fraction of sp³-hybridized carbons (Fsp3) is 0.333. The van der Waals surface area contributed by atoms with E-state index in [-0.39, 0.29) is 11.5 Å². The van der Waals surface area contributed by atoms with Crippen molar-refractivity contribution in [2.45, 2.75) is 25.7 Å². The van der Waals surface area contributed by atoms with Gasteiger partial charge in [0.1, 0.15) is 0 Å². The van der Waals surface area contributed by atoms with Gasteiger partial charge in [0.05, 0.1) is 5.56 Å². The lowest BCUT2D eigenvalue weighted by molar-refractivity contribution is -0.118. The Labute approximate surface area is 112 Å². The number of amides is 1. The van der Waals surface area contributed by atoms with Crippen molar-refractivity contribution in [1.82, 2.24) is 0 Å². The minimum absolute atomic E-state index is 0.111. The van der Waals surface area contributed by atoms with E-state index in [0.717, 1.165) is 24.1 Å². The van der Waals surface area contributed by atoms with Crippen molar-refractivity contribution in [3.05, 3.63) is 42.0 Å². The number of unbranched alkanes of at least 4 members (excludes halogenated alkanes) is 1. The molecule has 100 valence electrons. The molecule has 0 unspecified atom stereocenters. The number of hydrogen-bond donors (Lipinski definition) is 1. The molecule has 0 spiro atoms. The molecule has 1 aliphatic heterocycles. The minimum Gasteiger partial charge on any atom is -0.478 e. The Bertz CT molecular complexity index is 522. The van der Waals surface area contributed by atoms with Gasteiger partial charge in [-0.15, -0.1) is 6.58 Å². The number of aryl methyl sites for hydroxylation is 1. The molecule has 0 saturated heterocycles. The number of hydrogen-bond acceptors (Lipinski definition) is 2. The molecule has 1 aromatic carbocycles. The number of carboxylic acids is 1. The van der Waals surface area contributed by atoms with Gasteiger partial charge in [-0.3, -0.25) is 4.79 Å². The molecule has 0 aliphatic carbocycles. The Balaban J connectivity index is 2.25. The second-order valence-corrected chi connectivity index (χ2v) is 4.62. The lowest BCUT2D eigenvalue weighted by Gasteiger charge is -2.29. The first kappa shape index (κ1) is 13.3. The maximum atomic E-state index is 12.0. The summed E-state index contributed by atoms with van der Waals surface area (Å²) in [5, 5.41) is 8.99. The average Bonchev–Trinajstić information content (AvgIpc) is 2.40. The van der Waals surface area contributed by atoms with Gasteiger partial charge in [-0.2, -0.15) is 0 Å². The molecule has 0 radical (unpaired) electrons. The quantitative estimate of drug-likeness (QED) is 0.653. The second-order valence-electron chi connectivity index (χ2n) is 4.62. The summed E-state index contributed by atoms with van der Waals surface area (Å²) in [4.78, 5) is 24.7. The summed E-state index contributed by atoms with van der Waals surface area (Å²) >= 11 is 0. The van der Waals surface area contributed by atoms with Gasteiger partial charge in [-0.1, -0.05) is 6.08 Å². The number of carboxylic acid groups (broad SMARTS) is 1. The molecule has 1 heterocycles. The molecular weight excluding hydrogens is 242 g/mol. The van der Waals surface area contributed by atoms with Gasteiger partial charge in [0, 0.05) is 18.7 Å². The van der Waals surface area contributed by atoms with Crippen molar-refractivity contribution >= 4 is 17.6 Å². The predicted molar refractivity (Wildman–Crippen MR) is 73.5 cm³/mol. The highest BCUT2D eigenvalue weighted by molar-refractivity contribution is 5.97. The molecule has 0 bridgehead atoms. The number of fused-ring (bicyclic) bond motifs is 1. The molecule has 2 rings (SSSR count). The van der Waals surface area contributed by atoms with Gasteiger partial charge >= 0.3 is 5.97 Å². The Morgan fingerprint density at radius 2 is 2.21 bits per heavy atom. The number of carbonyl (C=O) groups excluding carboxylic acids is 1. The summed E-state index contributed by atoms with van der Waals surface area (Å²) in [5.74, 6) is -0.822. The van der Waals surface area contributed by atoms with Crippen molar-refractivity contribution in [1.29, 1.82) is 0 Å². The predicted octanol–water partition coefficient (Wildman–Crippen LogP) is 2.63. The molecule has 0 atom stereocenters. The number of aromatic carboxylic acids is 1. The van der Waals surface area contributed by atoms with E-state index in [1.807, 2.05) is 6.08 Å². The van der Waals surface area contributed by atoms with Crippen LogP contribution in [0.15, 0.2) is 30.9 Å². The Morgan fingerprint density at radius 3 is 2.89 bits per heavy atom. The molecule has 0 fully saturated rings. The van der Waals surface area contributed by atoms with E-state index in [1.165, 1.54) is 0 Å². The van der Waals surface area contributed by atoms with Gasteiger partial charge in [0.25, 0.3) is 0 Å². The molecule has 0 saturated carbocycles. The monoisotopic (exact) mass is 259 g/mol. The maximum Gasteiger partial charge on any atom is 0.335 e. The van der Waals surface area contributed by atoms with E-state index in [4.69, 9.17) is 5.11 Å². The first-order valence-corrected chi connectivity index (χ1v) is 6.41. The molecule has 19 heavy (non-hydrogen) atoms. The standard InChI is InChI=1S/C15H17NO3/c1-2-3-4-9-16-13-7-5-12(15(18)19)10-11(13)6-8-14(16)17/h2,5,7,10H,1,3-4,6,8-9H2,(H,18,19). The number of allylic oxidation sites excluding steroid dienone is 1. The number of carbonyl (C=O) groups is 2. The van der Waals surface area contributed by atoms with E-state index < -0.39 is 5.97 Å². The summed E-state index contributed by atoms with van der Waals surface area (Å²) in [6, 6.07) is 4.97. The van der Waals surface area contributed by atoms with Crippen molar-refractivity contribution in [2.24, 2.45) is 0 Å². The molecule has 1 amide bonds. The van der Waals surface area contributed by atoms with Crippen LogP contribution in [-0.4, -0.2) is 23.5 Å². The molecule has 4 nitrogen and oxygen atoms in total. The highest BCUT2D eigenvalue weighted by atomic mass is 16.4. The van der Waals surface area contributed by atoms with Crippen LogP contribution in [0.4, 0.5) is 5.69 Å². The minimum atomic E-state index is -0.932. The summed E-state index contributed by atoms with van der Waals surface area (Å²) in [6.45, 7) is 4.33. The molecular formula is C15H17NO3. The zero-order valence-corrected chi connectivity index (χ0v) is 10.8. The third-order valence-corrected chi connectivity index (χ3v) is 3.32. The van der Waals surface area contributed by atoms with Gasteiger partial charge in [-0.25, -0.2) is 4.79 Å².